The Morgan fingerprint density at radius 1 is 1.22 bits per heavy atom. The summed E-state index contributed by atoms with van der Waals surface area (Å²) in [4.78, 5) is 0. The highest BCUT2D eigenvalue weighted by atomic mass is 16.5. The summed E-state index contributed by atoms with van der Waals surface area (Å²) in [5.41, 5.74) is 2.73. The Hall–Kier alpha value is -0.900. The molecule has 1 aromatic carbocycles. The summed E-state index contributed by atoms with van der Waals surface area (Å²) in [7, 11) is 0. The van der Waals surface area contributed by atoms with Gasteiger partial charge in [0, 0.05) is 6.54 Å². The number of ether oxygens (including phenoxy) is 1. The van der Waals surface area contributed by atoms with Crippen LogP contribution in [0.4, 0.5) is 0 Å². The lowest BCUT2D eigenvalue weighted by Gasteiger charge is -2.40. The van der Waals surface area contributed by atoms with Crippen molar-refractivity contribution in [3.63, 3.8) is 0 Å². The molecule has 3 heteroatoms. The highest BCUT2D eigenvalue weighted by Crippen LogP contribution is 2.25. The molecule has 1 fully saturated rings. The molecule has 100 valence electrons. The fourth-order valence-electron chi connectivity index (χ4n) is 2.17. The number of nitrogens with one attached hydrogen (secondary N) is 1. The van der Waals surface area contributed by atoms with Crippen LogP contribution in [0.15, 0.2) is 24.3 Å². The Balaban J connectivity index is 1.68. The summed E-state index contributed by atoms with van der Waals surface area (Å²) in [6.07, 6.45) is 2.13. The number of aryl methyl sites for hydroxylation is 1. The van der Waals surface area contributed by atoms with E-state index in [1.165, 1.54) is 11.1 Å². The lowest BCUT2D eigenvalue weighted by molar-refractivity contribution is -0.134. The van der Waals surface area contributed by atoms with Crippen LogP contribution in [-0.4, -0.2) is 38.0 Å². The van der Waals surface area contributed by atoms with E-state index in [9.17, 15) is 5.11 Å². The molecule has 3 nitrogen and oxygen atoms in total. The average molecular weight is 249 g/mol. The van der Waals surface area contributed by atoms with Gasteiger partial charge in [0.25, 0.3) is 0 Å². The van der Waals surface area contributed by atoms with Gasteiger partial charge in [-0.15, -0.1) is 0 Å². The Bertz CT molecular complexity index is 352. The molecular formula is C15H23NO2. The van der Waals surface area contributed by atoms with Gasteiger partial charge in [0.05, 0.1) is 25.2 Å². The second-order valence-electron chi connectivity index (χ2n) is 5.25. The van der Waals surface area contributed by atoms with Crippen LogP contribution in [-0.2, 0) is 17.6 Å². The standard InChI is InChI=1S/C15H23NO2/c1-2-13-3-5-14(6-4-13)7-8-16-9-15(10-17)11-18-12-15/h3-6,16-17H,2,7-12H2,1H3. The first-order chi connectivity index (χ1) is 8.78. The number of aliphatic hydroxyl groups is 1. The third-order valence-corrected chi connectivity index (χ3v) is 3.67. The molecule has 1 aromatic rings. The van der Waals surface area contributed by atoms with Crippen LogP contribution in [0.2, 0.25) is 0 Å². The van der Waals surface area contributed by atoms with E-state index in [1.807, 2.05) is 0 Å². The fourth-order valence-corrected chi connectivity index (χ4v) is 2.17. The molecule has 0 bridgehead atoms. The maximum atomic E-state index is 9.29. The third kappa shape index (κ3) is 3.31. The smallest absolute Gasteiger partial charge is 0.0579 e. The lowest BCUT2D eigenvalue weighted by atomic mass is 9.87. The Morgan fingerprint density at radius 2 is 1.89 bits per heavy atom. The molecule has 0 aliphatic carbocycles. The van der Waals surface area contributed by atoms with Crippen molar-refractivity contribution >= 4 is 0 Å². The summed E-state index contributed by atoms with van der Waals surface area (Å²) < 4.78 is 5.17. The van der Waals surface area contributed by atoms with E-state index in [-0.39, 0.29) is 12.0 Å². The lowest BCUT2D eigenvalue weighted by Crippen LogP contribution is -2.52. The zero-order valence-corrected chi connectivity index (χ0v) is 11.1. The molecule has 0 unspecified atom stereocenters. The molecule has 0 atom stereocenters. The van der Waals surface area contributed by atoms with E-state index in [1.54, 1.807) is 0 Å². The van der Waals surface area contributed by atoms with Crippen molar-refractivity contribution in [3.8, 4) is 0 Å². The average Bonchev–Trinajstić information content (AvgIpc) is 2.38. The van der Waals surface area contributed by atoms with Gasteiger partial charge in [-0.25, -0.2) is 0 Å². The van der Waals surface area contributed by atoms with Crippen molar-refractivity contribution in [2.24, 2.45) is 5.41 Å². The van der Waals surface area contributed by atoms with Crippen molar-refractivity contribution in [2.45, 2.75) is 19.8 Å². The predicted molar refractivity (Wildman–Crippen MR) is 72.7 cm³/mol. The molecule has 0 spiro atoms. The highest BCUT2D eigenvalue weighted by Gasteiger charge is 2.37. The molecular weight excluding hydrogens is 226 g/mol. The monoisotopic (exact) mass is 249 g/mol. The van der Waals surface area contributed by atoms with Gasteiger partial charge in [0.2, 0.25) is 0 Å². The van der Waals surface area contributed by atoms with E-state index in [0.29, 0.717) is 13.2 Å². The van der Waals surface area contributed by atoms with Gasteiger partial charge in [0.15, 0.2) is 0 Å². The molecule has 2 rings (SSSR count). The van der Waals surface area contributed by atoms with Crippen LogP contribution in [0.3, 0.4) is 0 Å². The van der Waals surface area contributed by atoms with Crippen LogP contribution in [0.1, 0.15) is 18.1 Å². The molecule has 0 amide bonds. The van der Waals surface area contributed by atoms with Crippen molar-refractivity contribution in [2.75, 3.05) is 32.9 Å². The van der Waals surface area contributed by atoms with E-state index < -0.39 is 0 Å². The van der Waals surface area contributed by atoms with E-state index in [0.717, 1.165) is 25.9 Å². The van der Waals surface area contributed by atoms with Crippen LogP contribution in [0, 0.1) is 5.41 Å². The number of hydrogen-bond acceptors (Lipinski definition) is 3. The predicted octanol–water partition coefficient (Wildman–Crippen LogP) is 1.39. The SMILES string of the molecule is CCc1ccc(CCNCC2(CO)COC2)cc1. The first-order valence-electron chi connectivity index (χ1n) is 6.75. The number of rotatable bonds is 7. The minimum Gasteiger partial charge on any atom is -0.396 e. The van der Waals surface area contributed by atoms with E-state index >= 15 is 0 Å². The molecule has 1 saturated heterocycles. The second-order valence-corrected chi connectivity index (χ2v) is 5.25. The van der Waals surface area contributed by atoms with Gasteiger partial charge >= 0.3 is 0 Å². The fraction of sp³-hybridized carbons (Fsp3) is 0.600. The summed E-state index contributed by atoms with van der Waals surface area (Å²) >= 11 is 0. The minimum atomic E-state index is -0.0218. The van der Waals surface area contributed by atoms with Gasteiger partial charge in [-0.3, -0.25) is 0 Å². The second kappa shape index (κ2) is 6.32. The Labute approximate surface area is 109 Å². The summed E-state index contributed by atoms with van der Waals surface area (Å²) in [5.74, 6) is 0. The summed E-state index contributed by atoms with van der Waals surface area (Å²) in [6.45, 7) is 5.55. The molecule has 1 aliphatic heterocycles. The van der Waals surface area contributed by atoms with Gasteiger partial charge < -0.3 is 15.2 Å². The van der Waals surface area contributed by atoms with Crippen LogP contribution >= 0.6 is 0 Å². The van der Waals surface area contributed by atoms with Gasteiger partial charge in [-0.2, -0.15) is 0 Å². The van der Waals surface area contributed by atoms with E-state index in [2.05, 4.69) is 36.5 Å². The van der Waals surface area contributed by atoms with Crippen LogP contribution in [0.5, 0.6) is 0 Å². The zero-order valence-electron chi connectivity index (χ0n) is 11.1. The minimum absolute atomic E-state index is 0.0218. The molecule has 1 heterocycles. The van der Waals surface area contributed by atoms with Crippen LogP contribution in [0.25, 0.3) is 0 Å². The maximum Gasteiger partial charge on any atom is 0.0579 e. The first-order valence-corrected chi connectivity index (χ1v) is 6.75. The molecule has 18 heavy (non-hydrogen) atoms. The molecule has 0 saturated carbocycles. The summed E-state index contributed by atoms with van der Waals surface area (Å²) in [6, 6.07) is 8.80. The largest absolute Gasteiger partial charge is 0.396 e. The van der Waals surface area contributed by atoms with Gasteiger partial charge in [0.1, 0.15) is 0 Å². The third-order valence-electron chi connectivity index (χ3n) is 3.67. The molecule has 0 radical (unpaired) electrons. The molecule has 2 N–H and O–H groups in total. The molecule has 0 aromatic heterocycles. The quantitative estimate of drug-likeness (QED) is 0.718. The van der Waals surface area contributed by atoms with Crippen molar-refractivity contribution in [1.29, 1.82) is 0 Å². The van der Waals surface area contributed by atoms with E-state index in [4.69, 9.17) is 4.74 Å². The normalized spacial score (nSPS) is 17.4. The highest BCUT2D eigenvalue weighted by molar-refractivity contribution is 5.22. The number of aliphatic hydroxyl groups excluding tert-OH is 1. The number of hydrogen-bond donors (Lipinski definition) is 2. The zero-order chi connectivity index (χ0) is 12.8. The van der Waals surface area contributed by atoms with Crippen molar-refractivity contribution in [3.05, 3.63) is 35.4 Å². The topological polar surface area (TPSA) is 41.5 Å². The van der Waals surface area contributed by atoms with Gasteiger partial charge in [-0.1, -0.05) is 31.2 Å². The Kier molecular flexibility index (Phi) is 4.75. The first kappa shape index (κ1) is 13.5. The van der Waals surface area contributed by atoms with Crippen molar-refractivity contribution in [1.82, 2.24) is 5.32 Å². The number of benzene rings is 1. The summed E-state index contributed by atoms with van der Waals surface area (Å²) in [5, 5.41) is 12.7. The maximum absolute atomic E-state index is 9.29. The van der Waals surface area contributed by atoms with Gasteiger partial charge in [-0.05, 0) is 30.5 Å². The molecule has 1 aliphatic rings. The van der Waals surface area contributed by atoms with Crippen molar-refractivity contribution < 1.29 is 9.84 Å². The van der Waals surface area contributed by atoms with Crippen LogP contribution < -0.4 is 5.32 Å². The Morgan fingerprint density at radius 3 is 2.39 bits per heavy atom.